The normalized spacial score (nSPS) is 11.1. The summed E-state index contributed by atoms with van der Waals surface area (Å²) in [6.07, 6.45) is 0.514. The summed E-state index contributed by atoms with van der Waals surface area (Å²) in [4.78, 5) is 0. The maximum atomic E-state index is 11.5. The molecule has 0 unspecified atom stereocenters. The third kappa shape index (κ3) is 3.30. The lowest BCUT2D eigenvalue weighted by Crippen LogP contribution is -2.16. The van der Waals surface area contributed by atoms with E-state index >= 15 is 0 Å². The van der Waals surface area contributed by atoms with Crippen molar-refractivity contribution in [3.05, 3.63) is 18.2 Å². The lowest BCUT2D eigenvalue weighted by atomic mass is 10.3. The average molecular weight is 245 g/mol. The predicted octanol–water partition coefficient (Wildman–Crippen LogP) is 1.55. The molecule has 6 heteroatoms. The molecule has 5 nitrogen and oxygen atoms in total. The molecule has 0 atom stereocenters. The SMILES string of the molecule is CCCS(=O)(=O)Nc1cc(OC)ccc1O. The summed E-state index contributed by atoms with van der Waals surface area (Å²) in [5.41, 5.74) is 0.132. The molecule has 2 N–H and O–H groups in total. The van der Waals surface area contributed by atoms with Crippen LogP contribution in [0.15, 0.2) is 18.2 Å². The second-order valence-corrected chi connectivity index (χ2v) is 5.15. The fourth-order valence-corrected chi connectivity index (χ4v) is 2.35. The quantitative estimate of drug-likeness (QED) is 0.772. The van der Waals surface area contributed by atoms with Gasteiger partial charge in [0.2, 0.25) is 10.0 Å². The van der Waals surface area contributed by atoms with Crippen molar-refractivity contribution >= 4 is 15.7 Å². The number of sulfonamides is 1. The third-order valence-corrected chi connectivity index (χ3v) is 3.42. The Morgan fingerprint density at radius 3 is 2.69 bits per heavy atom. The molecule has 0 heterocycles. The van der Waals surface area contributed by atoms with Crippen LogP contribution in [0.2, 0.25) is 0 Å². The number of hydrogen-bond acceptors (Lipinski definition) is 4. The summed E-state index contributed by atoms with van der Waals surface area (Å²) in [6.45, 7) is 1.77. The highest BCUT2D eigenvalue weighted by molar-refractivity contribution is 7.92. The van der Waals surface area contributed by atoms with Crippen LogP contribution < -0.4 is 9.46 Å². The number of aromatic hydroxyl groups is 1. The topological polar surface area (TPSA) is 75.6 Å². The van der Waals surface area contributed by atoms with Crippen molar-refractivity contribution in [3.63, 3.8) is 0 Å². The highest BCUT2D eigenvalue weighted by Gasteiger charge is 2.12. The van der Waals surface area contributed by atoms with Crippen LogP contribution >= 0.6 is 0 Å². The first-order valence-electron chi connectivity index (χ1n) is 4.86. The van der Waals surface area contributed by atoms with E-state index in [1.165, 1.54) is 19.2 Å². The molecule has 0 aliphatic rings. The van der Waals surface area contributed by atoms with Crippen LogP contribution in [-0.2, 0) is 10.0 Å². The summed E-state index contributed by atoms with van der Waals surface area (Å²) >= 11 is 0. The van der Waals surface area contributed by atoms with Crippen molar-refractivity contribution in [1.29, 1.82) is 0 Å². The Morgan fingerprint density at radius 1 is 1.44 bits per heavy atom. The van der Waals surface area contributed by atoms with Crippen molar-refractivity contribution in [2.24, 2.45) is 0 Å². The van der Waals surface area contributed by atoms with Crippen LogP contribution in [0.5, 0.6) is 11.5 Å². The van der Waals surface area contributed by atoms with Gasteiger partial charge in [0, 0.05) is 6.07 Å². The molecule has 0 aliphatic heterocycles. The Labute approximate surface area is 95.1 Å². The van der Waals surface area contributed by atoms with Crippen LogP contribution in [0.3, 0.4) is 0 Å². The van der Waals surface area contributed by atoms with E-state index in [4.69, 9.17) is 4.74 Å². The molecular weight excluding hydrogens is 230 g/mol. The molecule has 16 heavy (non-hydrogen) atoms. The largest absolute Gasteiger partial charge is 0.506 e. The molecule has 1 aromatic carbocycles. The minimum atomic E-state index is -3.40. The van der Waals surface area contributed by atoms with Gasteiger partial charge in [-0.3, -0.25) is 4.72 Å². The van der Waals surface area contributed by atoms with E-state index < -0.39 is 10.0 Å². The number of benzene rings is 1. The van der Waals surface area contributed by atoms with Crippen LogP contribution in [-0.4, -0.2) is 26.4 Å². The highest BCUT2D eigenvalue weighted by atomic mass is 32.2. The molecule has 0 spiro atoms. The maximum absolute atomic E-state index is 11.5. The zero-order chi connectivity index (χ0) is 12.2. The molecule has 0 fully saturated rings. The van der Waals surface area contributed by atoms with Gasteiger partial charge in [-0.2, -0.15) is 0 Å². The van der Waals surface area contributed by atoms with E-state index in [9.17, 15) is 13.5 Å². The first-order chi connectivity index (χ1) is 7.48. The summed E-state index contributed by atoms with van der Waals surface area (Å²) in [5, 5.41) is 9.48. The lowest BCUT2D eigenvalue weighted by molar-refractivity contribution is 0.413. The van der Waals surface area contributed by atoms with E-state index in [-0.39, 0.29) is 17.2 Å². The van der Waals surface area contributed by atoms with E-state index in [2.05, 4.69) is 4.72 Å². The van der Waals surface area contributed by atoms with Gasteiger partial charge >= 0.3 is 0 Å². The minimum absolute atomic E-state index is 0.0175. The Bertz CT molecular complexity index is 456. The Balaban J connectivity index is 2.96. The lowest BCUT2D eigenvalue weighted by Gasteiger charge is -2.10. The second-order valence-electron chi connectivity index (χ2n) is 3.30. The second kappa shape index (κ2) is 5.07. The molecule has 0 amide bonds. The van der Waals surface area contributed by atoms with Gasteiger partial charge < -0.3 is 9.84 Å². The molecule has 0 aliphatic carbocycles. The first kappa shape index (κ1) is 12.6. The van der Waals surface area contributed by atoms with Crippen LogP contribution in [0.25, 0.3) is 0 Å². The van der Waals surface area contributed by atoms with Crippen LogP contribution in [0, 0.1) is 0 Å². The van der Waals surface area contributed by atoms with Crippen LogP contribution in [0.4, 0.5) is 5.69 Å². The predicted molar refractivity (Wildman–Crippen MR) is 62.4 cm³/mol. The monoisotopic (exact) mass is 245 g/mol. The smallest absolute Gasteiger partial charge is 0.232 e. The van der Waals surface area contributed by atoms with Gasteiger partial charge in [0.25, 0.3) is 0 Å². The average Bonchev–Trinajstić information content (AvgIpc) is 2.21. The maximum Gasteiger partial charge on any atom is 0.232 e. The molecule has 0 radical (unpaired) electrons. The van der Waals surface area contributed by atoms with E-state index in [1.54, 1.807) is 13.0 Å². The van der Waals surface area contributed by atoms with Crippen molar-refractivity contribution in [3.8, 4) is 11.5 Å². The summed E-state index contributed by atoms with van der Waals surface area (Å²) < 4.78 is 30.2. The van der Waals surface area contributed by atoms with Gasteiger partial charge in [-0.05, 0) is 18.6 Å². The summed E-state index contributed by atoms with van der Waals surface area (Å²) in [5.74, 6) is 0.372. The van der Waals surface area contributed by atoms with Crippen molar-refractivity contribution in [2.75, 3.05) is 17.6 Å². The molecule has 0 aromatic heterocycles. The minimum Gasteiger partial charge on any atom is -0.506 e. The van der Waals surface area contributed by atoms with Crippen molar-refractivity contribution in [2.45, 2.75) is 13.3 Å². The van der Waals surface area contributed by atoms with Gasteiger partial charge in [0.15, 0.2) is 0 Å². The number of methoxy groups -OCH3 is 1. The summed E-state index contributed by atoms with van der Waals surface area (Å²) in [6, 6.07) is 4.36. The van der Waals surface area contributed by atoms with Gasteiger partial charge in [-0.1, -0.05) is 6.92 Å². The van der Waals surface area contributed by atoms with Crippen molar-refractivity contribution < 1.29 is 18.3 Å². The number of nitrogens with one attached hydrogen (secondary N) is 1. The Hall–Kier alpha value is -1.43. The van der Waals surface area contributed by atoms with Crippen LogP contribution in [0.1, 0.15) is 13.3 Å². The third-order valence-electron chi connectivity index (χ3n) is 1.94. The number of ether oxygens (including phenoxy) is 1. The highest BCUT2D eigenvalue weighted by Crippen LogP contribution is 2.28. The van der Waals surface area contributed by atoms with Gasteiger partial charge in [0.05, 0.1) is 18.6 Å². The zero-order valence-corrected chi connectivity index (χ0v) is 10.0. The molecule has 0 saturated heterocycles. The van der Waals surface area contributed by atoms with Gasteiger partial charge in [0.1, 0.15) is 11.5 Å². The first-order valence-corrected chi connectivity index (χ1v) is 6.51. The number of hydrogen-bond donors (Lipinski definition) is 2. The van der Waals surface area contributed by atoms with Gasteiger partial charge in [-0.15, -0.1) is 0 Å². The molecule has 90 valence electrons. The van der Waals surface area contributed by atoms with E-state index in [0.29, 0.717) is 12.2 Å². The van der Waals surface area contributed by atoms with Crippen molar-refractivity contribution in [1.82, 2.24) is 0 Å². The standard InChI is InChI=1S/C10H15NO4S/c1-3-6-16(13,14)11-9-7-8(15-2)4-5-10(9)12/h4-5,7,11-12H,3,6H2,1-2H3. The number of anilines is 1. The summed E-state index contributed by atoms with van der Waals surface area (Å²) in [7, 11) is -1.93. The number of phenols is 1. The fourth-order valence-electron chi connectivity index (χ4n) is 1.21. The fraction of sp³-hybridized carbons (Fsp3) is 0.400. The van der Waals surface area contributed by atoms with E-state index in [1.807, 2.05) is 0 Å². The molecule has 1 aromatic rings. The number of phenolic OH excluding ortho intramolecular Hbond substituents is 1. The van der Waals surface area contributed by atoms with Gasteiger partial charge in [-0.25, -0.2) is 8.42 Å². The Morgan fingerprint density at radius 2 is 2.12 bits per heavy atom. The van der Waals surface area contributed by atoms with E-state index in [0.717, 1.165) is 0 Å². The number of rotatable bonds is 5. The molecule has 0 saturated carbocycles. The molecule has 0 bridgehead atoms. The Kier molecular flexibility index (Phi) is 4.00. The molecular formula is C10H15NO4S. The molecule has 1 rings (SSSR count). The zero-order valence-electron chi connectivity index (χ0n) is 9.23.